The molecule has 1 aliphatic rings. The van der Waals surface area contributed by atoms with Crippen LogP contribution < -0.4 is 10.5 Å². The molecule has 0 amide bonds. The highest BCUT2D eigenvalue weighted by atomic mass is 35.5. The predicted octanol–water partition coefficient (Wildman–Crippen LogP) is 1.33. The van der Waals surface area contributed by atoms with Gasteiger partial charge in [0.1, 0.15) is 24.3 Å². The van der Waals surface area contributed by atoms with Crippen molar-refractivity contribution < 1.29 is 9.47 Å². The summed E-state index contributed by atoms with van der Waals surface area (Å²) in [4.78, 5) is 2.20. The average Bonchev–Trinajstić information content (AvgIpc) is 2.36. The van der Waals surface area contributed by atoms with E-state index in [-0.39, 0.29) is 11.9 Å². The molecule has 2 rings (SSSR count). The van der Waals surface area contributed by atoms with Gasteiger partial charge in [0.25, 0.3) is 0 Å². The number of nitrogens with zero attached hydrogens (tertiary/aromatic N) is 1. The quantitative estimate of drug-likeness (QED) is 0.646. The van der Waals surface area contributed by atoms with Crippen LogP contribution in [-0.4, -0.2) is 50.2 Å². The summed E-state index contributed by atoms with van der Waals surface area (Å²) in [5.41, 5.74) is 5.96. The minimum Gasteiger partial charge on any atom is -0.490 e. The van der Waals surface area contributed by atoms with Crippen LogP contribution in [0, 0.1) is 5.41 Å². The maximum absolute atomic E-state index is 7.55. The lowest BCUT2D eigenvalue weighted by atomic mass is 10.2. The SMILES string of the molecule is CN1CCOC(COc2cccc(Cl)c2C(=N)N)C1. The van der Waals surface area contributed by atoms with Crippen LogP contribution in [0.4, 0.5) is 0 Å². The van der Waals surface area contributed by atoms with E-state index in [2.05, 4.69) is 11.9 Å². The molecule has 0 aliphatic carbocycles. The fourth-order valence-corrected chi connectivity index (χ4v) is 2.30. The summed E-state index contributed by atoms with van der Waals surface area (Å²) in [6.45, 7) is 2.90. The number of amidine groups is 1. The maximum atomic E-state index is 7.55. The number of hydrogen-bond acceptors (Lipinski definition) is 4. The number of benzene rings is 1. The Morgan fingerprint density at radius 3 is 3.11 bits per heavy atom. The number of nitrogens with two attached hydrogens (primary N) is 1. The summed E-state index contributed by atoms with van der Waals surface area (Å²) in [5, 5.41) is 7.97. The van der Waals surface area contributed by atoms with E-state index in [9.17, 15) is 0 Å². The lowest BCUT2D eigenvalue weighted by Gasteiger charge is -2.30. The van der Waals surface area contributed by atoms with Crippen molar-refractivity contribution in [3.05, 3.63) is 28.8 Å². The fourth-order valence-electron chi connectivity index (χ4n) is 2.04. The molecule has 1 atom stereocenters. The molecule has 1 aromatic carbocycles. The van der Waals surface area contributed by atoms with Crippen LogP contribution in [0.25, 0.3) is 0 Å². The minimum absolute atomic E-state index is 0.0255. The van der Waals surface area contributed by atoms with Crippen LogP contribution in [0.3, 0.4) is 0 Å². The molecule has 5 nitrogen and oxygen atoms in total. The van der Waals surface area contributed by atoms with Gasteiger partial charge < -0.3 is 20.1 Å². The molecule has 104 valence electrons. The van der Waals surface area contributed by atoms with Gasteiger partial charge in [0.05, 0.1) is 17.2 Å². The Bertz CT molecular complexity index is 467. The lowest BCUT2D eigenvalue weighted by molar-refractivity contribution is -0.0403. The first kappa shape index (κ1) is 14.1. The van der Waals surface area contributed by atoms with Gasteiger partial charge in [-0.15, -0.1) is 0 Å². The Morgan fingerprint density at radius 2 is 2.42 bits per heavy atom. The first-order chi connectivity index (χ1) is 9.08. The van der Waals surface area contributed by atoms with Gasteiger partial charge in [-0.1, -0.05) is 17.7 Å². The molecule has 3 N–H and O–H groups in total. The second-order valence-electron chi connectivity index (χ2n) is 4.59. The summed E-state index contributed by atoms with van der Waals surface area (Å²) in [6.07, 6.45) is 0.0255. The predicted molar refractivity (Wildman–Crippen MR) is 75.2 cm³/mol. The highest BCUT2D eigenvalue weighted by Gasteiger charge is 2.19. The highest BCUT2D eigenvalue weighted by Crippen LogP contribution is 2.26. The number of morpholine rings is 1. The second kappa shape index (κ2) is 6.23. The van der Waals surface area contributed by atoms with E-state index in [1.165, 1.54) is 0 Å². The van der Waals surface area contributed by atoms with Crippen LogP contribution in [0.1, 0.15) is 5.56 Å². The van der Waals surface area contributed by atoms with Crippen LogP contribution in [-0.2, 0) is 4.74 Å². The highest BCUT2D eigenvalue weighted by molar-refractivity contribution is 6.34. The zero-order valence-corrected chi connectivity index (χ0v) is 11.6. The van der Waals surface area contributed by atoms with E-state index in [0.29, 0.717) is 29.5 Å². The van der Waals surface area contributed by atoms with Gasteiger partial charge in [-0.05, 0) is 19.2 Å². The van der Waals surface area contributed by atoms with E-state index < -0.39 is 0 Å². The normalized spacial score (nSPS) is 20.2. The number of nitrogen functional groups attached to an aromatic ring is 1. The molecule has 1 heterocycles. The Labute approximate surface area is 117 Å². The van der Waals surface area contributed by atoms with Gasteiger partial charge in [0.15, 0.2) is 0 Å². The maximum Gasteiger partial charge on any atom is 0.131 e. The van der Waals surface area contributed by atoms with Gasteiger partial charge in [-0.3, -0.25) is 5.41 Å². The summed E-state index contributed by atoms with van der Waals surface area (Å²) in [6, 6.07) is 5.23. The molecular formula is C13H18ClN3O2. The van der Waals surface area contributed by atoms with Crippen LogP contribution in [0.2, 0.25) is 5.02 Å². The Morgan fingerprint density at radius 1 is 1.63 bits per heavy atom. The molecule has 0 saturated carbocycles. The minimum atomic E-state index is -0.0951. The molecule has 1 unspecified atom stereocenters. The number of hydrogen-bond donors (Lipinski definition) is 2. The van der Waals surface area contributed by atoms with Gasteiger partial charge >= 0.3 is 0 Å². The second-order valence-corrected chi connectivity index (χ2v) is 5.00. The van der Waals surface area contributed by atoms with Crippen molar-refractivity contribution in [1.29, 1.82) is 5.41 Å². The van der Waals surface area contributed by atoms with Gasteiger partial charge in [-0.25, -0.2) is 0 Å². The lowest BCUT2D eigenvalue weighted by Crippen LogP contribution is -2.42. The molecule has 0 aromatic heterocycles. The number of nitrogens with one attached hydrogen (secondary N) is 1. The third-order valence-electron chi connectivity index (χ3n) is 3.01. The van der Waals surface area contributed by atoms with Crippen molar-refractivity contribution >= 4 is 17.4 Å². The Kier molecular flexibility index (Phi) is 4.63. The van der Waals surface area contributed by atoms with Crippen molar-refractivity contribution in [3.63, 3.8) is 0 Å². The van der Waals surface area contributed by atoms with Crippen LogP contribution in [0.5, 0.6) is 5.75 Å². The summed E-state index contributed by atoms with van der Waals surface area (Å²) in [7, 11) is 2.05. The molecule has 19 heavy (non-hydrogen) atoms. The topological polar surface area (TPSA) is 71.6 Å². The van der Waals surface area contributed by atoms with E-state index in [0.717, 1.165) is 13.1 Å². The molecular weight excluding hydrogens is 266 g/mol. The van der Waals surface area contributed by atoms with Crippen LogP contribution >= 0.6 is 11.6 Å². The van der Waals surface area contributed by atoms with Gasteiger partial charge in [0, 0.05) is 13.1 Å². The number of likely N-dealkylation sites (N-methyl/N-ethyl adjacent to an activating group) is 1. The molecule has 1 aliphatic heterocycles. The Hall–Kier alpha value is -1.30. The fraction of sp³-hybridized carbons (Fsp3) is 0.462. The number of rotatable bonds is 4. The molecule has 0 spiro atoms. The van der Waals surface area contributed by atoms with Crippen molar-refractivity contribution in [3.8, 4) is 5.75 Å². The molecule has 6 heteroatoms. The molecule has 0 bridgehead atoms. The van der Waals surface area contributed by atoms with Crippen molar-refractivity contribution in [2.75, 3.05) is 33.4 Å². The van der Waals surface area contributed by atoms with E-state index in [4.69, 9.17) is 32.2 Å². The van der Waals surface area contributed by atoms with Gasteiger partial charge in [-0.2, -0.15) is 0 Å². The van der Waals surface area contributed by atoms with Crippen molar-refractivity contribution in [2.24, 2.45) is 5.73 Å². The van der Waals surface area contributed by atoms with Crippen LogP contribution in [0.15, 0.2) is 18.2 Å². The van der Waals surface area contributed by atoms with E-state index in [1.54, 1.807) is 18.2 Å². The Balaban J connectivity index is 2.03. The zero-order valence-electron chi connectivity index (χ0n) is 10.9. The molecule has 1 aromatic rings. The largest absolute Gasteiger partial charge is 0.490 e. The zero-order chi connectivity index (χ0) is 13.8. The first-order valence-corrected chi connectivity index (χ1v) is 6.51. The molecule has 1 fully saturated rings. The number of ether oxygens (including phenoxy) is 2. The molecule has 1 saturated heterocycles. The average molecular weight is 284 g/mol. The van der Waals surface area contributed by atoms with E-state index >= 15 is 0 Å². The third kappa shape index (κ3) is 3.59. The molecule has 0 radical (unpaired) electrons. The third-order valence-corrected chi connectivity index (χ3v) is 3.33. The summed E-state index contributed by atoms with van der Waals surface area (Å²) < 4.78 is 11.3. The van der Waals surface area contributed by atoms with Crippen molar-refractivity contribution in [1.82, 2.24) is 4.90 Å². The van der Waals surface area contributed by atoms with Gasteiger partial charge in [0.2, 0.25) is 0 Å². The van der Waals surface area contributed by atoms with E-state index in [1.807, 2.05) is 0 Å². The number of halogens is 1. The standard InChI is InChI=1S/C13H18ClN3O2/c1-17-5-6-18-9(7-17)8-19-11-4-2-3-10(14)12(11)13(15)16/h2-4,9H,5-8H2,1H3,(H3,15,16). The smallest absolute Gasteiger partial charge is 0.131 e. The summed E-state index contributed by atoms with van der Waals surface area (Å²) >= 11 is 6.03. The monoisotopic (exact) mass is 283 g/mol. The van der Waals surface area contributed by atoms with Crippen molar-refractivity contribution in [2.45, 2.75) is 6.10 Å². The first-order valence-electron chi connectivity index (χ1n) is 6.14. The summed E-state index contributed by atoms with van der Waals surface area (Å²) in [5.74, 6) is 0.430.